The second-order valence-electron chi connectivity index (χ2n) is 4.17. The van der Waals surface area contributed by atoms with Gasteiger partial charge in [-0.05, 0) is 10.7 Å². The number of nitrogens with zero attached hydrogens (tertiary/aromatic N) is 2. The van der Waals surface area contributed by atoms with Gasteiger partial charge in [0.1, 0.15) is 0 Å². The van der Waals surface area contributed by atoms with E-state index in [2.05, 4.69) is 5.16 Å². The van der Waals surface area contributed by atoms with Crippen LogP contribution in [0.2, 0.25) is 0 Å². The molecule has 0 aliphatic heterocycles. The molecule has 2 aromatic rings. The lowest BCUT2D eigenvalue weighted by atomic mass is 10.2. The van der Waals surface area contributed by atoms with Crippen LogP contribution < -0.4 is 4.74 Å². The summed E-state index contributed by atoms with van der Waals surface area (Å²) in [6.45, 7) is 0.490. The van der Waals surface area contributed by atoms with E-state index < -0.39 is 0 Å². The molecule has 1 heterocycles. The number of ether oxygens (including phenoxy) is 1. The van der Waals surface area contributed by atoms with Crippen LogP contribution in [-0.4, -0.2) is 41.3 Å². The molecule has 0 unspecified atom stereocenters. The number of carbonyl (C=O) groups is 1. The maximum Gasteiger partial charge on any atom is 0.292 e. The molecule has 0 fully saturated rings. The third-order valence-electron chi connectivity index (χ3n) is 2.78. The van der Waals surface area contributed by atoms with Crippen molar-refractivity contribution in [2.45, 2.75) is 6.54 Å². The molecule has 0 bridgehead atoms. The molecule has 0 radical (unpaired) electrons. The first-order chi connectivity index (χ1) is 9.74. The monoisotopic (exact) mass is 276 g/mol. The summed E-state index contributed by atoms with van der Waals surface area (Å²) in [6, 6.07) is 11.0. The zero-order chi connectivity index (χ0) is 14.4. The van der Waals surface area contributed by atoms with E-state index in [9.17, 15) is 4.79 Å². The molecule has 0 saturated carbocycles. The largest absolute Gasteiger partial charge is 0.479 e. The number of hydrogen-bond donors (Lipinski definition) is 1. The maximum atomic E-state index is 12.3. The van der Waals surface area contributed by atoms with Crippen LogP contribution in [0.3, 0.4) is 0 Å². The van der Waals surface area contributed by atoms with Crippen molar-refractivity contribution in [1.82, 2.24) is 10.1 Å². The molecule has 1 N–H and O–H groups in total. The van der Waals surface area contributed by atoms with Crippen molar-refractivity contribution in [3.63, 3.8) is 0 Å². The van der Waals surface area contributed by atoms with Crippen LogP contribution in [0.1, 0.15) is 16.1 Å². The van der Waals surface area contributed by atoms with E-state index in [0.717, 1.165) is 5.56 Å². The molecule has 0 aliphatic rings. The van der Waals surface area contributed by atoms with Crippen LogP contribution >= 0.6 is 0 Å². The van der Waals surface area contributed by atoms with Crippen LogP contribution in [0, 0.1) is 0 Å². The Morgan fingerprint density at radius 1 is 1.40 bits per heavy atom. The van der Waals surface area contributed by atoms with E-state index in [1.165, 1.54) is 18.1 Å². The second kappa shape index (κ2) is 6.72. The lowest BCUT2D eigenvalue weighted by Crippen LogP contribution is -2.32. The molecule has 0 saturated heterocycles. The Morgan fingerprint density at radius 3 is 2.75 bits per heavy atom. The first kappa shape index (κ1) is 14.1. The molecule has 0 aliphatic carbocycles. The van der Waals surface area contributed by atoms with Gasteiger partial charge in [-0.25, -0.2) is 0 Å². The number of carbonyl (C=O) groups excluding carboxylic acids is 1. The predicted molar refractivity (Wildman–Crippen MR) is 71.3 cm³/mol. The van der Waals surface area contributed by atoms with Crippen molar-refractivity contribution in [3.8, 4) is 5.88 Å². The molecule has 6 heteroatoms. The first-order valence-corrected chi connectivity index (χ1v) is 6.19. The number of amides is 1. The summed E-state index contributed by atoms with van der Waals surface area (Å²) < 4.78 is 9.81. The summed E-state index contributed by atoms with van der Waals surface area (Å²) in [6.07, 6.45) is 0. The Balaban J connectivity index is 2.13. The van der Waals surface area contributed by atoms with Crippen LogP contribution in [0.4, 0.5) is 0 Å². The van der Waals surface area contributed by atoms with E-state index in [-0.39, 0.29) is 30.7 Å². The lowest BCUT2D eigenvalue weighted by molar-refractivity contribution is 0.0666. The van der Waals surface area contributed by atoms with Gasteiger partial charge in [0.05, 0.1) is 19.8 Å². The average molecular weight is 276 g/mol. The van der Waals surface area contributed by atoms with Crippen LogP contribution in [0.15, 0.2) is 40.9 Å². The standard InChI is InChI=1S/C14H16N2O4/c1-19-13-9-12(20-15-13)14(18)16(7-8-17)10-11-5-3-2-4-6-11/h2-6,9,17H,7-8,10H2,1H3. The van der Waals surface area contributed by atoms with Gasteiger partial charge in [-0.15, -0.1) is 0 Å². The second-order valence-corrected chi connectivity index (χ2v) is 4.17. The SMILES string of the molecule is COc1cc(C(=O)N(CCO)Cc2ccccc2)on1. The van der Waals surface area contributed by atoms with Crippen molar-refractivity contribution in [1.29, 1.82) is 0 Å². The van der Waals surface area contributed by atoms with Gasteiger partial charge in [0.15, 0.2) is 0 Å². The molecular formula is C14H16N2O4. The summed E-state index contributed by atoms with van der Waals surface area (Å²) in [5, 5.41) is 12.7. The van der Waals surface area contributed by atoms with Crippen molar-refractivity contribution < 1.29 is 19.2 Å². The van der Waals surface area contributed by atoms with E-state index in [4.69, 9.17) is 14.4 Å². The molecule has 20 heavy (non-hydrogen) atoms. The lowest BCUT2D eigenvalue weighted by Gasteiger charge is -2.20. The fraction of sp³-hybridized carbons (Fsp3) is 0.286. The van der Waals surface area contributed by atoms with Gasteiger partial charge in [0, 0.05) is 13.1 Å². The van der Waals surface area contributed by atoms with Gasteiger partial charge < -0.3 is 19.3 Å². The van der Waals surface area contributed by atoms with Crippen LogP contribution in [0.5, 0.6) is 5.88 Å². The molecule has 1 aromatic heterocycles. The molecule has 1 aromatic carbocycles. The zero-order valence-electron chi connectivity index (χ0n) is 11.2. The highest BCUT2D eigenvalue weighted by Crippen LogP contribution is 2.14. The Kier molecular flexibility index (Phi) is 4.73. The topological polar surface area (TPSA) is 75.8 Å². The fourth-order valence-corrected chi connectivity index (χ4v) is 1.79. The zero-order valence-corrected chi connectivity index (χ0v) is 11.2. The summed E-state index contributed by atoms with van der Waals surface area (Å²) in [4.78, 5) is 13.8. The number of aliphatic hydroxyl groups is 1. The number of aromatic nitrogens is 1. The third-order valence-corrected chi connectivity index (χ3v) is 2.78. The van der Waals surface area contributed by atoms with Gasteiger partial charge in [0.2, 0.25) is 5.76 Å². The molecular weight excluding hydrogens is 260 g/mol. The molecule has 0 atom stereocenters. The van der Waals surface area contributed by atoms with Crippen molar-refractivity contribution in [2.24, 2.45) is 0 Å². The highest BCUT2D eigenvalue weighted by Gasteiger charge is 2.20. The Bertz CT molecular complexity index is 553. The van der Waals surface area contributed by atoms with Crippen LogP contribution in [0.25, 0.3) is 0 Å². The molecule has 1 amide bonds. The van der Waals surface area contributed by atoms with E-state index >= 15 is 0 Å². The van der Waals surface area contributed by atoms with E-state index in [1.807, 2.05) is 30.3 Å². The van der Waals surface area contributed by atoms with Crippen molar-refractivity contribution in [3.05, 3.63) is 47.7 Å². The Labute approximate surface area is 116 Å². The summed E-state index contributed by atoms with van der Waals surface area (Å²) in [7, 11) is 1.45. The van der Waals surface area contributed by atoms with Crippen LogP contribution in [-0.2, 0) is 6.54 Å². The highest BCUT2D eigenvalue weighted by atomic mass is 16.5. The van der Waals surface area contributed by atoms with Gasteiger partial charge in [-0.3, -0.25) is 4.79 Å². The minimum Gasteiger partial charge on any atom is -0.479 e. The fourth-order valence-electron chi connectivity index (χ4n) is 1.79. The average Bonchev–Trinajstić information content (AvgIpc) is 2.96. The maximum absolute atomic E-state index is 12.3. The Morgan fingerprint density at radius 2 is 2.15 bits per heavy atom. The van der Waals surface area contributed by atoms with Crippen molar-refractivity contribution >= 4 is 5.91 Å². The molecule has 0 spiro atoms. The Hall–Kier alpha value is -2.34. The summed E-state index contributed by atoms with van der Waals surface area (Å²) in [5.41, 5.74) is 0.973. The molecule has 6 nitrogen and oxygen atoms in total. The van der Waals surface area contributed by atoms with Crippen molar-refractivity contribution in [2.75, 3.05) is 20.3 Å². The number of methoxy groups -OCH3 is 1. The molecule has 106 valence electrons. The van der Waals surface area contributed by atoms with Gasteiger partial charge >= 0.3 is 0 Å². The summed E-state index contributed by atoms with van der Waals surface area (Å²) in [5.74, 6) is 0.00180. The summed E-state index contributed by atoms with van der Waals surface area (Å²) >= 11 is 0. The third kappa shape index (κ3) is 3.36. The number of rotatable bonds is 6. The molecule has 2 rings (SSSR count). The normalized spacial score (nSPS) is 10.3. The minimum absolute atomic E-state index is 0.0891. The van der Waals surface area contributed by atoms with Gasteiger partial charge in [-0.2, -0.15) is 0 Å². The number of aliphatic hydroxyl groups excluding tert-OH is 1. The van der Waals surface area contributed by atoms with Gasteiger partial charge in [-0.1, -0.05) is 30.3 Å². The highest BCUT2D eigenvalue weighted by molar-refractivity contribution is 5.91. The minimum atomic E-state index is -0.335. The number of benzene rings is 1. The quantitative estimate of drug-likeness (QED) is 0.861. The van der Waals surface area contributed by atoms with E-state index in [0.29, 0.717) is 6.54 Å². The number of hydrogen-bond acceptors (Lipinski definition) is 5. The van der Waals surface area contributed by atoms with E-state index in [1.54, 1.807) is 0 Å². The van der Waals surface area contributed by atoms with Gasteiger partial charge in [0.25, 0.3) is 11.8 Å². The predicted octanol–water partition coefficient (Wildman–Crippen LogP) is 1.32. The first-order valence-electron chi connectivity index (χ1n) is 6.19. The smallest absolute Gasteiger partial charge is 0.292 e.